The number of ether oxygens (including phenoxy) is 3. The molecule has 1 fully saturated rings. The van der Waals surface area contributed by atoms with Crippen LogP contribution in [0.3, 0.4) is 0 Å². The predicted octanol–water partition coefficient (Wildman–Crippen LogP) is 5.10. The van der Waals surface area contributed by atoms with Gasteiger partial charge in [-0.1, -0.05) is 58.1 Å². The van der Waals surface area contributed by atoms with Gasteiger partial charge in [0.25, 0.3) is 0 Å². The molecule has 1 aliphatic rings. The normalized spacial score (nSPS) is 23.7. The fourth-order valence-electron chi connectivity index (χ4n) is 5.47. The van der Waals surface area contributed by atoms with E-state index in [4.69, 9.17) is 40.6 Å². The number of nitrogens with two attached hydrogens (primary N) is 1. The molecule has 0 bridgehead atoms. The number of unbranched alkanes of at least 4 members (excludes halogenated alkanes) is 4. The van der Waals surface area contributed by atoms with Gasteiger partial charge in [-0.3, -0.25) is 14.1 Å². The summed E-state index contributed by atoms with van der Waals surface area (Å²) in [5.74, 6) is -1.81. The summed E-state index contributed by atoms with van der Waals surface area (Å²) in [4.78, 5) is 29.7. The first kappa shape index (κ1) is 39.0. The number of hydrogen-bond donors (Lipinski definition) is 3. The van der Waals surface area contributed by atoms with Gasteiger partial charge in [0.05, 0.1) is 24.8 Å². The van der Waals surface area contributed by atoms with Crippen LogP contribution in [0.2, 0.25) is 5.02 Å². The molecular weight excluding hydrogens is 691 g/mol. The van der Waals surface area contributed by atoms with Crippen LogP contribution in [0.25, 0.3) is 5.52 Å². The van der Waals surface area contributed by atoms with E-state index in [0.29, 0.717) is 17.0 Å². The maximum absolute atomic E-state index is 14.3. The number of halogens is 1. The number of aromatic nitrogens is 3. The summed E-state index contributed by atoms with van der Waals surface area (Å²) in [5, 5.41) is 29.9. The highest BCUT2D eigenvalue weighted by Gasteiger charge is 2.67. The Morgan fingerprint density at radius 3 is 2.52 bits per heavy atom. The molecule has 6 atom stereocenters. The van der Waals surface area contributed by atoms with E-state index in [2.05, 4.69) is 22.1 Å². The molecule has 2 aromatic heterocycles. The van der Waals surface area contributed by atoms with E-state index in [0.717, 1.165) is 25.7 Å². The van der Waals surface area contributed by atoms with Gasteiger partial charge in [0.2, 0.25) is 5.60 Å². The lowest BCUT2D eigenvalue weighted by Crippen LogP contribution is -2.54. The first-order valence-electron chi connectivity index (χ1n) is 16.4. The fraction of sp³-hybridized carbons (Fsp3) is 0.545. The maximum atomic E-state index is 14.3. The van der Waals surface area contributed by atoms with Gasteiger partial charge in [0.15, 0.2) is 11.9 Å². The van der Waals surface area contributed by atoms with Crippen LogP contribution in [0.5, 0.6) is 5.75 Å². The van der Waals surface area contributed by atoms with E-state index in [9.17, 15) is 24.5 Å². The van der Waals surface area contributed by atoms with Crippen molar-refractivity contribution in [2.75, 3.05) is 18.9 Å². The molecule has 0 saturated carbocycles. The van der Waals surface area contributed by atoms with E-state index in [-0.39, 0.29) is 23.9 Å². The number of nitrogens with zero attached hydrogens (tertiary/aromatic N) is 4. The van der Waals surface area contributed by atoms with Crippen LogP contribution >= 0.6 is 19.3 Å². The average molecular weight is 735 g/mol. The van der Waals surface area contributed by atoms with Crippen molar-refractivity contribution in [1.82, 2.24) is 19.7 Å². The van der Waals surface area contributed by atoms with Crippen LogP contribution in [-0.4, -0.2) is 68.7 Å². The second-order valence-corrected chi connectivity index (χ2v) is 14.7. The van der Waals surface area contributed by atoms with Crippen molar-refractivity contribution in [3.8, 4) is 11.8 Å². The summed E-state index contributed by atoms with van der Waals surface area (Å²) in [6.45, 7) is 7.56. The van der Waals surface area contributed by atoms with Crippen molar-refractivity contribution < 1.29 is 42.5 Å². The lowest BCUT2D eigenvalue weighted by Gasteiger charge is -2.34. The summed E-state index contributed by atoms with van der Waals surface area (Å²) in [6.07, 6.45) is 3.03. The minimum atomic E-state index is -4.47. The third-order valence-electron chi connectivity index (χ3n) is 8.29. The number of aliphatic hydroxyl groups is 1. The lowest BCUT2D eigenvalue weighted by molar-refractivity contribution is -0.168. The molecule has 1 aliphatic heterocycles. The third-order valence-corrected chi connectivity index (χ3v) is 10.2. The molecule has 4 rings (SSSR count). The summed E-state index contributed by atoms with van der Waals surface area (Å²) in [5.41, 5.74) is 1.97. The van der Waals surface area contributed by atoms with Crippen LogP contribution in [-0.2, 0) is 38.5 Å². The average Bonchev–Trinajstić information content (AvgIpc) is 3.60. The lowest BCUT2D eigenvalue weighted by atomic mass is 9.80. The van der Waals surface area contributed by atoms with Crippen molar-refractivity contribution in [3.63, 3.8) is 0 Å². The Kier molecular flexibility index (Phi) is 12.9. The Hall–Kier alpha value is -3.77. The van der Waals surface area contributed by atoms with Crippen LogP contribution in [0.1, 0.15) is 72.4 Å². The van der Waals surface area contributed by atoms with Gasteiger partial charge in [-0.25, -0.2) is 14.1 Å². The van der Waals surface area contributed by atoms with Crippen LogP contribution in [0.15, 0.2) is 42.7 Å². The molecule has 15 nitrogen and oxygen atoms in total. The number of carbonyl (C=O) groups is 2. The predicted molar refractivity (Wildman–Crippen MR) is 183 cm³/mol. The zero-order valence-corrected chi connectivity index (χ0v) is 30.4. The van der Waals surface area contributed by atoms with E-state index >= 15 is 0 Å². The van der Waals surface area contributed by atoms with Gasteiger partial charge in [0.1, 0.15) is 41.4 Å². The van der Waals surface area contributed by atoms with E-state index in [1.54, 1.807) is 19.9 Å². The highest BCUT2D eigenvalue weighted by molar-refractivity contribution is 7.52. The minimum absolute atomic E-state index is 0.0620. The number of nitrogen functional groups attached to an aromatic ring is 1. The molecule has 1 saturated heterocycles. The molecule has 3 heterocycles. The largest absolute Gasteiger partial charge is 0.465 e. The number of rotatable bonds is 17. The highest BCUT2D eigenvalue weighted by atomic mass is 35.5. The van der Waals surface area contributed by atoms with Gasteiger partial charge in [-0.2, -0.15) is 15.4 Å². The monoisotopic (exact) mass is 734 g/mol. The molecule has 272 valence electrons. The van der Waals surface area contributed by atoms with Crippen molar-refractivity contribution in [3.05, 3.63) is 53.4 Å². The number of anilines is 1. The molecule has 0 amide bonds. The van der Waals surface area contributed by atoms with E-state index in [1.807, 2.05) is 6.07 Å². The fourth-order valence-corrected chi connectivity index (χ4v) is 7.10. The molecule has 0 aliphatic carbocycles. The quantitative estimate of drug-likeness (QED) is 0.0937. The van der Waals surface area contributed by atoms with Gasteiger partial charge >= 0.3 is 19.7 Å². The summed E-state index contributed by atoms with van der Waals surface area (Å²) < 4.78 is 44.6. The molecule has 50 heavy (non-hydrogen) atoms. The topological polar surface area (TPSA) is 210 Å². The molecule has 1 aromatic carbocycles. The molecule has 0 radical (unpaired) electrons. The standard InChI is InChI=1S/C33H44ClN6O9P/c1-6-7-8-9-10-17-45-31(42)22(4)39-50(44,49-24-13-11-23(34)12-14-24)46-18-26-28(47-30(41)21(2)3)32(5,43)33(19-35,48-26)27-16-15-25-29(36)37-20-38-40(25)27/h11-16,20-22,26,28,43H,6-10,17-18H2,1-5H3,(H,39,44)(H2,36,37,38)/t22-,26+,28+,32+,33-,50?/m0/s1. The molecule has 0 spiro atoms. The van der Waals surface area contributed by atoms with Crippen molar-refractivity contribution >= 4 is 42.6 Å². The highest BCUT2D eigenvalue weighted by Crippen LogP contribution is 2.51. The Bertz CT molecular complexity index is 1730. The number of nitriles is 1. The zero-order valence-electron chi connectivity index (χ0n) is 28.7. The molecule has 17 heteroatoms. The summed E-state index contributed by atoms with van der Waals surface area (Å²) in [7, 11) is -4.47. The Morgan fingerprint density at radius 2 is 1.86 bits per heavy atom. The first-order chi connectivity index (χ1) is 23.7. The van der Waals surface area contributed by atoms with Crippen molar-refractivity contribution in [2.24, 2.45) is 5.92 Å². The Balaban J connectivity index is 1.63. The zero-order chi connectivity index (χ0) is 36.7. The minimum Gasteiger partial charge on any atom is -0.465 e. The summed E-state index contributed by atoms with van der Waals surface area (Å²) >= 11 is 6.02. The van der Waals surface area contributed by atoms with Crippen molar-refractivity contribution in [2.45, 2.75) is 96.2 Å². The Labute approximate surface area is 295 Å². The van der Waals surface area contributed by atoms with Crippen LogP contribution in [0, 0.1) is 17.2 Å². The molecule has 3 aromatic rings. The molecular formula is C33H44ClN6O9P. The number of esters is 2. The molecule has 4 N–H and O–H groups in total. The van der Waals surface area contributed by atoms with Crippen LogP contribution < -0.4 is 15.3 Å². The number of benzene rings is 1. The van der Waals surface area contributed by atoms with E-state index in [1.165, 1.54) is 55.0 Å². The number of nitrogens with one attached hydrogen (secondary N) is 1. The van der Waals surface area contributed by atoms with E-state index < -0.39 is 61.7 Å². The number of hydrogen-bond acceptors (Lipinski definition) is 13. The summed E-state index contributed by atoms with van der Waals surface area (Å²) in [6, 6.07) is 9.84. The van der Waals surface area contributed by atoms with Gasteiger partial charge in [0, 0.05) is 5.02 Å². The Morgan fingerprint density at radius 1 is 1.16 bits per heavy atom. The van der Waals surface area contributed by atoms with Gasteiger partial charge in [-0.05, 0) is 56.7 Å². The number of carbonyl (C=O) groups excluding carboxylic acids is 2. The second kappa shape index (κ2) is 16.5. The van der Waals surface area contributed by atoms with Gasteiger partial charge < -0.3 is 29.6 Å². The van der Waals surface area contributed by atoms with Crippen molar-refractivity contribution in [1.29, 1.82) is 5.26 Å². The van der Waals surface area contributed by atoms with Crippen LogP contribution in [0.4, 0.5) is 5.82 Å². The SMILES string of the molecule is CCCCCCCOC(=O)[C@H](C)NP(=O)(OC[C@H]1O[C@@](C#N)(c2ccc3c(N)ncnn23)[C@](C)(O)[C@@H]1OC(=O)C(C)C)Oc1ccc(Cl)cc1. The third kappa shape index (κ3) is 8.57. The molecule has 1 unspecified atom stereocenters. The second-order valence-electron chi connectivity index (χ2n) is 12.5. The smallest absolute Gasteiger partial charge is 0.459 e. The maximum Gasteiger partial charge on any atom is 0.459 e. The van der Waals surface area contributed by atoms with Gasteiger partial charge in [-0.15, -0.1) is 0 Å². The first-order valence-corrected chi connectivity index (χ1v) is 18.3. The number of fused-ring (bicyclic) bond motifs is 1.